The summed E-state index contributed by atoms with van der Waals surface area (Å²) in [5.41, 5.74) is 0.859. The van der Waals surface area contributed by atoms with E-state index < -0.39 is 0 Å². The van der Waals surface area contributed by atoms with Gasteiger partial charge in [-0.1, -0.05) is 36.8 Å². The highest BCUT2D eigenvalue weighted by atomic mass is 16.2. The van der Waals surface area contributed by atoms with Crippen LogP contribution in [0.15, 0.2) is 35.1 Å². The molecule has 1 atom stereocenters. The number of aromatic nitrogens is 3. The molecular weight excluding hydrogens is 292 g/mol. The Kier molecular flexibility index (Phi) is 4.60. The summed E-state index contributed by atoms with van der Waals surface area (Å²) in [7, 11) is 0. The lowest BCUT2D eigenvalue weighted by atomic mass is 10.1. The molecule has 1 N–H and O–H groups in total. The van der Waals surface area contributed by atoms with E-state index in [0.717, 1.165) is 37.1 Å². The first-order valence-corrected chi connectivity index (χ1v) is 8.16. The smallest absolute Gasteiger partial charge is 0.346 e. The second-order valence-corrected chi connectivity index (χ2v) is 6.02. The van der Waals surface area contributed by atoms with Crippen molar-refractivity contribution in [1.82, 2.24) is 19.7 Å². The summed E-state index contributed by atoms with van der Waals surface area (Å²) in [6.45, 7) is 2.60. The molecule has 0 saturated carbocycles. The number of carbonyl (C=O) groups is 1. The van der Waals surface area contributed by atoms with Crippen molar-refractivity contribution >= 4 is 5.91 Å². The minimum atomic E-state index is -0.197. The van der Waals surface area contributed by atoms with Gasteiger partial charge in [-0.25, -0.2) is 9.48 Å². The van der Waals surface area contributed by atoms with Gasteiger partial charge in [0.05, 0.1) is 6.04 Å². The molecule has 1 aliphatic rings. The van der Waals surface area contributed by atoms with Crippen molar-refractivity contribution in [2.24, 2.45) is 0 Å². The molecule has 0 bridgehead atoms. The van der Waals surface area contributed by atoms with Crippen LogP contribution in [-0.4, -0.2) is 20.3 Å². The maximum atomic E-state index is 12.3. The lowest BCUT2D eigenvalue weighted by molar-refractivity contribution is -0.122. The van der Waals surface area contributed by atoms with Crippen LogP contribution in [0.1, 0.15) is 43.6 Å². The highest BCUT2D eigenvalue weighted by molar-refractivity contribution is 5.76. The predicted octanol–water partition coefficient (Wildman–Crippen LogP) is 1.65. The van der Waals surface area contributed by atoms with Crippen LogP contribution >= 0.6 is 0 Å². The second kappa shape index (κ2) is 6.81. The molecule has 0 unspecified atom stereocenters. The maximum Gasteiger partial charge on any atom is 0.346 e. The molecule has 2 aromatic rings. The van der Waals surface area contributed by atoms with Crippen LogP contribution in [0.25, 0.3) is 0 Å². The Morgan fingerprint density at radius 1 is 1.26 bits per heavy atom. The van der Waals surface area contributed by atoms with Crippen molar-refractivity contribution in [2.75, 3.05) is 0 Å². The molecule has 1 aliphatic heterocycles. The lowest BCUT2D eigenvalue weighted by Gasteiger charge is -2.13. The van der Waals surface area contributed by atoms with Crippen LogP contribution < -0.4 is 11.0 Å². The van der Waals surface area contributed by atoms with Crippen LogP contribution in [0.5, 0.6) is 0 Å². The van der Waals surface area contributed by atoms with Crippen molar-refractivity contribution in [1.29, 1.82) is 0 Å². The fraction of sp³-hybridized carbons (Fsp3) is 0.471. The molecule has 6 nitrogen and oxygen atoms in total. The minimum Gasteiger partial charge on any atom is -0.348 e. The van der Waals surface area contributed by atoms with Gasteiger partial charge in [0.1, 0.15) is 12.4 Å². The maximum absolute atomic E-state index is 12.3. The number of benzene rings is 1. The summed E-state index contributed by atoms with van der Waals surface area (Å²) >= 11 is 0. The zero-order valence-corrected chi connectivity index (χ0v) is 13.4. The van der Waals surface area contributed by atoms with Gasteiger partial charge in [0.2, 0.25) is 5.91 Å². The molecule has 1 aromatic carbocycles. The van der Waals surface area contributed by atoms with Gasteiger partial charge in [-0.2, -0.15) is 5.10 Å². The highest BCUT2D eigenvalue weighted by Gasteiger charge is 2.18. The van der Waals surface area contributed by atoms with Gasteiger partial charge in [0.25, 0.3) is 0 Å². The summed E-state index contributed by atoms with van der Waals surface area (Å²) in [4.78, 5) is 24.6. The topological polar surface area (TPSA) is 68.9 Å². The Morgan fingerprint density at radius 3 is 2.83 bits per heavy atom. The summed E-state index contributed by atoms with van der Waals surface area (Å²) in [6.07, 6.45) is 3.98. The zero-order valence-electron chi connectivity index (χ0n) is 13.4. The van der Waals surface area contributed by atoms with Gasteiger partial charge < -0.3 is 5.32 Å². The number of nitrogens with zero attached hydrogens (tertiary/aromatic N) is 3. The summed E-state index contributed by atoms with van der Waals surface area (Å²) in [5.74, 6) is 0.605. The van der Waals surface area contributed by atoms with Crippen molar-refractivity contribution in [3.8, 4) is 0 Å². The SMILES string of the molecule is C[C@H](NC(=O)Cn1nc2n(c1=O)CCCCC2)c1ccccc1. The van der Waals surface area contributed by atoms with E-state index in [4.69, 9.17) is 0 Å². The van der Waals surface area contributed by atoms with Gasteiger partial charge in [-0.15, -0.1) is 0 Å². The number of nitrogens with one attached hydrogen (secondary N) is 1. The Morgan fingerprint density at radius 2 is 2.04 bits per heavy atom. The Hall–Kier alpha value is -2.37. The minimum absolute atomic E-state index is 0.0317. The van der Waals surface area contributed by atoms with Crippen molar-refractivity contribution in [2.45, 2.75) is 51.7 Å². The highest BCUT2D eigenvalue weighted by Crippen LogP contribution is 2.12. The van der Waals surface area contributed by atoms with E-state index in [9.17, 15) is 9.59 Å². The van der Waals surface area contributed by atoms with E-state index in [1.54, 1.807) is 4.57 Å². The molecule has 0 radical (unpaired) electrons. The molecule has 6 heteroatoms. The molecule has 0 spiro atoms. The molecule has 0 saturated heterocycles. The molecule has 1 amide bonds. The average Bonchev–Trinajstić information content (AvgIpc) is 2.73. The summed E-state index contributed by atoms with van der Waals surface area (Å²) in [6, 6.07) is 9.66. The van der Waals surface area contributed by atoms with Crippen LogP contribution in [0.4, 0.5) is 0 Å². The van der Waals surface area contributed by atoms with Gasteiger partial charge in [-0.3, -0.25) is 9.36 Å². The first kappa shape index (κ1) is 15.5. The number of rotatable bonds is 4. The zero-order chi connectivity index (χ0) is 16.2. The monoisotopic (exact) mass is 314 g/mol. The third-order valence-electron chi connectivity index (χ3n) is 4.25. The van der Waals surface area contributed by atoms with E-state index in [-0.39, 0.29) is 24.2 Å². The van der Waals surface area contributed by atoms with Crippen molar-refractivity contribution < 1.29 is 4.79 Å². The van der Waals surface area contributed by atoms with Crippen LogP contribution in [-0.2, 0) is 24.3 Å². The third kappa shape index (κ3) is 3.52. The number of fused-ring (bicyclic) bond motifs is 1. The fourth-order valence-corrected chi connectivity index (χ4v) is 2.98. The largest absolute Gasteiger partial charge is 0.348 e. The Bertz CT molecular complexity index is 733. The first-order chi connectivity index (χ1) is 11.1. The van der Waals surface area contributed by atoms with Gasteiger partial charge in [0, 0.05) is 13.0 Å². The molecule has 0 aliphatic carbocycles. The second-order valence-electron chi connectivity index (χ2n) is 6.02. The molecular formula is C17H22N4O2. The normalized spacial score (nSPS) is 15.5. The number of hydrogen-bond donors (Lipinski definition) is 1. The Balaban J connectivity index is 1.68. The summed E-state index contributed by atoms with van der Waals surface area (Å²) < 4.78 is 2.99. The van der Waals surface area contributed by atoms with E-state index in [1.165, 1.54) is 4.68 Å². The van der Waals surface area contributed by atoms with Crippen molar-refractivity contribution in [3.63, 3.8) is 0 Å². The van der Waals surface area contributed by atoms with Crippen LogP contribution in [0, 0.1) is 0 Å². The molecule has 122 valence electrons. The quantitative estimate of drug-likeness (QED) is 0.933. The lowest BCUT2D eigenvalue weighted by Crippen LogP contribution is -2.35. The average molecular weight is 314 g/mol. The molecule has 0 fully saturated rings. The third-order valence-corrected chi connectivity index (χ3v) is 4.25. The first-order valence-electron chi connectivity index (χ1n) is 8.16. The fourth-order valence-electron chi connectivity index (χ4n) is 2.98. The van der Waals surface area contributed by atoms with E-state index in [1.807, 2.05) is 37.3 Å². The van der Waals surface area contributed by atoms with E-state index in [0.29, 0.717) is 6.54 Å². The number of hydrogen-bond acceptors (Lipinski definition) is 3. The van der Waals surface area contributed by atoms with Crippen LogP contribution in [0.3, 0.4) is 0 Å². The molecule has 2 heterocycles. The number of aryl methyl sites for hydroxylation is 1. The van der Waals surface area contributed by atoms with Gasteiger partial charge in [-0.05, 0) is 25.3 Å². The predicted molar refractivity (Wildman–Crippen MR) is 87.0 cm³/mol. The molecule has 23 heavy (non-hydrogen) atoms. The number of amides is 1. The Labute approximate surface area is 135 Å². The molecule has 3 rings (SSSR count). The van der Waals surface area contributed by atoms with Crippen molar-refractivity contribution in [3.05, 3.63) is 52.2 Å². The van der Waals surface area contributed by atoms with E-state index >= 15 is 0 Å². The van der Waals surface area contributed by atoms with Crippen LogP contribution in [0.2, 0.25) is 0 Å². The standard InChI is InChI=1S/C17H22N4O2/c1-13(14-8-4-2-5-9-14)18-16(22)12-21-17(23)20-11-7-3-6-10-15(20)19-21/h2,4-5,8-9,13H,3,6-7,10-12H2,1H3,(H,18,22)/t13-/m0/s1. The van der Waals surface area contributed by atoms with Gasteiger partial charge in [0.15, 0.2) is 0 Å². The van der Waals surface area contributed by atoms with Gasteiger partial charge >= 0.3 is 5.69 Å². The van der Waals surface area contributed by atoms with E-state index in [2.05, 4.69) is 10.4 Å². The molecule has 1 aromatic heterocycles. The number of carbonyl (C=O) groups excluding carboxylic acids is 1. The summed E-state index contributed by atoms with van der Waals surface area (Å²) in [5, 5.41) is 7.25.